The van der Waals surface area contributed by atoms with E-state index in [1.54, 1.807) is 12.1 Å². The first kappa shape index (κ1) is 13.8. The minimum absolute atomic E-state index is 0.0610. The van der Waals surface area contributed by atoms with Crippen molar-refractivity contribution < 1.29 is 9.50 Å². The van der Waals surface area contributed by atoms with Crippen LogP contribution in [0.3, 0.4) is 0 Å². The third kappa shape index (κ3) is 3.67. The van der Waals surface area contributed by atoms with Gasteiger partial charge in [-0.3, -0.25) is 0 Å². The Kier molecular flexibility index (Phi) is 4.98. The van der Waals surface area contributed by atoms with Gasteiger partial charge in [-0.25, -0.2) is 4.39 Å². The van der Waals surface area contributed by atoms with Crippen molar-refractivity contribution in [3.63, 3.8) is 0 Å². The number of hydrogen-bond acceptors (Lipinski definition) is 2. The zero-order chi connectivity index (χ0) is 13.0. The lowest BCUT2D eigenvalue weighted by Crippen LogP contribution is -2.38. The molecule has 1 aromatic rings. The molecule has 0 spiro atoms. The fourth-order valence-electron chi connectivity index (χ4n) is 2.45. The van der Waals surface area contributed by atoms with Crippen LogP contribution < -0.4 is 5.32 Å². The van der Waals surface area contributed by atoms with Crippen molar-refractivity contribution in [2.45, 2.75) is 50.8 Å². The molecule has 2 rings (SSSR count). The zero-order valence-electron chi connectivity index (χ0n) is 10.3. The highest BCUT2D eigenvalue weighted by Crippen LogP contribution is 2.19. The maximum Gasteiger partial charge on any atom is 0.127 e. The third-order valence-electron chi connectivity index (χ3n) is 3.54. The van der Waals surface area contributed by atoms with E-state index >= 15 is 0 Å². The fraction of sp³-hybridized carbons (Fsp3) is 0.571. The minimum atomic E-state index is -0.324. The number of aliphatic hydroxyl groups excluding tert-OH is 1. The smallest absolute Gasteiger partial charge is 0.127 e. The SMILES string of the molecule is OC1CCCCCC1NCc1cc(Cl)ccc1F. The van der Waals surface area contributed by atoms with Crippen molar-refractivity contribution in [2.75, 3.05) is 0 Å². The Hall–Kier alpha value is -0.640. The number of benzene rings is 1. The number of halogens is 2. The molecule has 0 radical (unpaired) electrons. The summed E-state index contributed by atoms with van der Waals surface area (Å²) in [7, 11) is 0. The van der Waals surface area contributed by atoms with Crippen LogP contribution in [0.15, 0.2) is 18.2 Å². The fourth-order valence-corrected chi connectivity index (χ4v) is 2.64. The molecule has 0 aliphatic heterocycles. The predicted molar refractivity (Wildman–Crippen MR) is 71.1 cm³/mol. The summed E-state index contributed by atoms with van der Waals surface area (Å²) in [6.45, 7) is 0.411. The average Bonchev–Trinajstić information content (AvgIpc) is 2.55. The zero-order valence-corrected chi connectivity index (χ0v) is 11.1. The lowest BCUT2D eigenvalue weighted by molar-refractivity contribution is 0.119. The normalized spacial score (nSPS) is 24.8. The number of hydrogen-bond donors (Lipinski definition) is 2. The largest absolute Gasteiger partial charge is 0.392 e. The molecule has 0 heterocycles. The van der Waals surface area contributed by atoms with E-state index in [1.165, 1.54) is 12.5 Å². The Morgan fingerprint density at radius 1 is 1.28 bits per heavy atom. The molecule has 2 unspecified atom stereocenters. The molecule has 0 amide bonds. The van der Waals surface area contributed by atoms with E-state index in [0.29, 0.717) is 17.1 Å². The van der Waals surface area contributed by atoms with Crippen LogP contribution in [-0.4, -0.2) is 17.3 Å². The molecule has 4 heteroatoms. The van der Waals surface area contributed by atoms with E-state index < -0.39 is 0 Å². The molecule has 1 fully saturated rings. The first-order chi connectivity index (χ1) is 8.66. The first-order valence-corrected chi connectivity index (χ1v) is 6.90. The summed E-state index contributed by atoms with van der Waals surface area (Å²) in [6, 6.07) is 4.61. The molecule has 1 aromatic carbocycles. The summed E-state index contributed by atoms with van der Waals surface area (Å²) in [6.07, 6.45) is 4.81. The second kappa shape index (κ2) is 6.50. The molecule has 2 atom stereocenters. The molecular formula is C14H19ClFNO. The highest BCUT2D eigenvalue weighted by atomic mass is 35.5. The van der Waals surface area contributed by atoms with Crippen molar-refractivity contribution in [2.24, 2.45) is 0 Å². The minimum Gasteiger partial charge on any atom is -0.392 e. The van der Waals surface area contributed by atoms with Gasteiger partial charge in [0.05, 0.1) is 6.10 Å². The van der Waals surface area contributed by atoms with Gasteiger partial charge < -0.3 is 10.4 Å². The van der Waals surface area contributed by atoms with Gasteiger partial charge in [0.1, 0.15) is 5.82 Å². The molecule has 2 N–H and O–H groups in total. The van der Waals surface area contributed by atoms with Crippen LogP contribution in [0, 0.1) is 5.82 Å². The molecule has 1 saturated carbocycles. The molecule has 100 valence electrons. The van der Waals surface area contributed by atoms with Crippen LogP contribution in [0.1, 0.15) is 37.7 Å². The highest BCUT2D eigenvalue weighted by Gasteiger charge is 2.21. The summed E-state index contributed by atoms with van der Waals surface area (Å²) in [5.74, 6) is -0.255. The molecular weight excluding hydrogens is 253 g/mol. The average molecular weight is 272 g/mol. The van der Waals surface area contributed by atoms with Crippen LogP contribution in [-0.2, 0) is 6.54 Å². The van der Waals surface area contributed by atoms with Gasteiger partial charge in [-0.2, -0.15) is 0 Å². The van der Waals surface area contributed by atoms with E-state index in [9.17, 15) is 9.50 Å². The van der Waals surface area contributed by atoms with Gasteiger partial charge in [0, 0.05) is 23.2 Å². The van der Waals surface area contributed by atoms with Crippen LogP contribution >= 0.6 is 11.6 Å². The van der Waals surface area contributed by atoms with E-state index in [0.717, 1.165) is 25.7 Å². The summed E-state index contributed by atoms with van der Waals surface area (Å²) >= 11 is 5.85. The van der Waals surface area contributed by atoms with Crippen molar-refractivity contribution >= 4 is 11.6 Å². The predicted octanol–water partition coefficient (Wildman–Crippen LogP) is 3.26. The molecule has 0 aromatic heterocycles. The Balaban J connectivity index is 1.95. The Labute approximate surface area is 112 Å². The van der Waals surface area contributed by atoms with Crippen molar-refractivity contribution in [1.29, 1.82) is 0 Å². The van der Waals surface area contributed by atoms with Gasteiger partial charge in [0.2, 0.25) is 0 Å². The van der Waals surface area contributed by atoms with Crippen molar-refractivity contribution in [3.8, 4) is 0 Å². The lowest BCUT2D eigenvalue weighted by Gasteiger charge is -2.22. The van der Waals surface area contributed by atoms with E-state index in [-0.39, 0.29) is 18.0 Å². The lowest BCUT2D eigenvalue weighted by atomic mass is 10.1. The van der Waals surface area contributed by atoms with Gasteiger partial charge in [-0.15, -0.1) is 0 Å². The summed E-state index contributed by atoms with van der Waals surface area (Å²) in [5.41, 5.74) is 0.555. The summed E-state index contributed by atoms with van der Waals surface area (Å²) < 4.78 is 13.5. The van der Waals surface area contributed by atoms with Crippen molar-refractivity contribution in [3.05, 3.63) is 34.6 Å². The molecule has 0 saturated heterocycles. The molecule has 18 heavy (non-hydrogen) atoms. The van der Waals surface area contributed by atoms with E-state index in [1.807, 2.05) is 0 Å². The van der Waals surface area contributed by atoms with Gasteiger partial charge in [-0.05, 0) is 31.0 Å². The Bertz CT molecular complexity index is 399. The van der Waals surface area contributed by atoms with E-state index in [4.69, 9.17) is 11.6 Å². The molecule has 1 aliphatic carbocycles. The van der Waals surface area contributed by atoms with Crippen LogP contribution in [0.4, 0.5) is 4.39 Å². The maximum absolute atomic E-state index is 13.5. The second-order valence-corrected chi connectivity index (χ2v) is 5.36. The number of aliphatic hydroxyl groups is 1. The van der Waals surface area contributed by atoms with Crippen molar-refractivity contribution in [1.82, 2.24) is 5.32 Å². The molecule has 2 nitrogen and oxygen atoms in total. The van der Waals surface area contributed by atoms with Gasteiger partial charge >= 0.3 is 0 Å². The standard InChI is InChI=1S/C14H19ClFNO/c15-11-6-7-12(16)10(8-11)9-17-13-4-2-1-3-5-14(13)18/h6-8,13-14,17-18H,1-5,9H2. The van der Waals surface area contributed by atoms with E-state index in [2.05, 4.69) is 5.32 Å². The van der Waals surface area contributed by atoms with Crippen LogP contribution in [0.5, 0.6) is 0 Å². The first-order valence-electron chi connectivity index (χ1n) is 6.52. The monoisotopic (exact) mass is 271 g/mol. The van der Waals surface area contributed by atoms with Gasteiger partial charge in [-0.1, -0.05) is 30.9 Å². The second-order valence-electron chi connectivity index (χ2n) is 4.93. The number of rotatable bonds is 3. The topological polar surface area (TPSA) is 32.3 Å². The summed E-state index contributed by atoms with van der Waals surface area (Å²) in [5, 5.41) is 13.8. The number of nitrogens with one attached hydrogen (secondary N) is 1. The summed E-state index contributed by atoms with van der Waals surface area (Å²) in [4.78, 5) is 0. The Morgan fingerprint density at radius 2 is 2.06 bits per heavy atom. The van der Waals surface area contributed by atoms with Crippen LogP contribution in [0.2, 0.25) is 5.02 Å². The molecule has 0 bridgehead atoms. The third-order valence-corrected chi connectivity index (χ3v) is 3.78. The highest BCUT2D eigenvalue weighted by molar-refractivity contribution is 6.30. The Morgan fingerprint density at radius 3 is 2.89 bits per heavy atom. The maximum atomic E-state index is 13.5. The van der Waals surface area contributed by atoms with Gasteiger partial charge in [0.25, 0.3) is 0 Å². The quantitative estimate of drug-likeness (QED) is 0.827. The van der Waals surface area contributed by atoms with Crippen LogP contribution in [0.25, 0.3) is 0 Å². The molecule has 1 aliphatic rings. The van der Waals surface area contributed by atoms with Gasteiger partial charge in [0.15, 0.2) is 0 Å².